The van der Waals surface area contributed by atoms with Gasteiger partial charge in [-0.3, -0.25) is 0 Å². The van der Waals surface area contributed by atoms with Gasteiger partial charge in [0.2, 0.25) is 0 Å². The summed E-state index contributed by atoms with van der Waals surface area (Å²) in [5.74, 6) is 0. The molecule has 0 amide bonds. The molecule has 1 rings (SSSR count). The number of rotatable bonds is 3. The normalized spacial score (nSPS) is 14.9. The number of halogens is 12. The zero-order chi connectivity index (χ0) is 23.4. The Morgan fingerprint density at radius 3 is 1.21 bits per heavy atom. The van der Waals surface area contributed by atoms with E-state index in [2.05, 4.69) is 0 Å². The van der Waals surface area contributed by atoms with Gasteiger partial charge in [0.1, 0.15) is 10.0 Å². The van der Waals surface area contributed by atoms with E-state index in [4.69, 9.17) is 0 Å². The van der Waals surface area contributed by atoms with Crippen LogP contribution in [0.15, 0.2) is 17.0 Å². The van der Waals surface area contributed by atoms with Crippen molar-refractivity contribution in [2.75, 3.05) is 0 Å². The lowest BCUT2D eigenvalue weighted by Crippen LogP contribution is -2.27. The van der Waals surface area contributed by atoms with Crippen LogP contribution in [0.1, 0.15) is 16.7 Å². The third-order valence-corrected chi connectivity index (χ3v) is 5.88. The highest BCUT2D eigenvalue weighted by Crippen LogP contribution is 2.47. The molecule has 0 fully saturated rings. The molecule has 0 N–H and O–H groups in total. The average Bonchev–Trinajstić information content (AvgIpc) is 2.40. The predicted octanol–water partition coefficient (Wildman–Crippen LogP) is 4.66. The number of nitrogens with zero attached hydrogens (tertiary/aromatic N) is 1. The van der Waals surface area contributed by atoms with Crippen LogP contribution in [-0.4, -0.2) is 22.3 Å². The number of alkyl halides is 12. The lowest BCUT2D eigenvalue weighted by atomic mass is 10.0. The van der Waals surface area contributed by atoms with Crippen LogP contribution in [0.4, 0.5) is 52.7 Å². The molecule has 0 aliphatic heterocycles. The smallest absolute Gasteiger partial charge is 0.424 e. The summed E-state index contributed by atoms with van der Waals surface area (Å²) < 4.78 is 198. The summed E-state index contributed by atoms with van der Waals surface area (Å²) in [7, 11) is -14.2. The minimum Gasteiger partial charge on any atom is -0.424 e. The Kier molecular flexibility index (Phi) is 6.01. The summed E-state index contributed by atoms with van der Waals surface area (Å²) in [5.41, 5.74) is -15.7. The predicted molar refractivity (Wildman–Crippen MR) is 67.0 cm³/mol. The van der Waals surface area contributed by atoms with E-state index in [-0.39, 0.29) is 0 Å². The van der Waals surface area contributed by atoms with E-state index in [1.54, 1.807) is 0 Å². The zero-order valence-electron chi connectivity index (χ0n) is 12.6. The summed E-state index contributed by atoms with van der Waals surface area (Å²) in [6.45, 7) is 0. The van der Waals surface area contributed by atoms with Crippen LogP contribution in [-0.2, 0) is 38.6 Å². The zero-order valence-corrected chi connectivity index (χ0v) is 14.2. The fourth-order valence-corrected chi connectivity index (χ4v) is 4.28. The maximum Gasteiger partial charge on any atom is 0.480 e. The molecule has 0 spiro atoms. The summed E-state index contributed by atoms with van der Waals surface area (Å²) in [5, 5.41) is 0. The average molecular weight is 492 g/mol. The molecule has 0 aliphatic carbocycles. The molecule has 168 valence electrons. The molecular weight excluding hydrogens is 490 g/mol. The maximum absolute atomic E-state index is 13.0. The molecule has 1 aromatic rings. The van der Waals surface area contributed by atoms with Gasteiger partial charge in [0.05, 0.1) is 21.6 Å². The first-order valence-electron chi connectivity index (χ1n) is 6.11. The second kappa shape index (κ2) is 6.89. The van der Waals surface area contributed by atoms with Crippen molar-refractivity contribution in [3.05, 3.63) is 33.0 Å². The second-order valence-electron chi connectivity index (χ2n) is 4.86. The Morgan fingerprint density at radius 1 is 0.621 bits per heavy atom. The Morgan fingerprint density at radius 2 is 0.966 bits per heavy atom. The SMILES string of the molecule is O=S(=O)([N-]S(=O)(=O)C(F)(F)F)c1c(C(F)(F)F)cc(C(F)(F)F)cc1C(F)(F)F. The van der Waals surface area contributed by atoms with E-state index < -0.39 is 77.8 Å². The van der Waals surface area contributed by atoms with E-state index in [1.807, 2.05) is 0 Å². The molecule has 0 atom stereocenters. The Balaban J connectivity index is 4.08. The van der Waals surface area contributed by atoms with Gasteiger partial charge in [0.25, 0.3) is 0 Å². The van der Waals surface area contributed by atoms with Crippen LogP contribution in [0.5, 0.6) is 0 Å². The molecule has 29 heavy (non-hydrogen) atoms. The topological polar surface area (TPSA) is 82.4 Å². The monoisotopic (exact) mass is 492 g/mol. The molecule has 1 aromatic carbocycles. The molecule has 0 heterocycles. The lowest BCUT2D eigenvalue weighted by Gasteiger charge is -2.27. The van der Waals surface area contributed by atoms with Crippen molar-refractivity contribution in [3.8, 4) is 0 Å². The highest BCUT2D eigenvalue weighted by atomic mass is 32.3. The second-order valence-corrected chi connectivity index (χ2v) is 8.23. The van der Waals surface area contributed by atoms with Gasteiger partial charge in [-0.05, 0) is 12.1 Å². The highest BCUT2D eigenvalue weighted by molar-refractivity contribution is 8.12. The van der Waals surface area contributed by atoms with Crippen molar-refractivity contribution < 1.29 is 69.5 Å². The number of hydrogen-bond acceptors (Lipinski definition) is 4. The molecule has 5 nitrogen and oxygen atoms in total. The molecule has 19 heteroatoms. The summed E-state index contributed by atoms with van der Waals surface area (Å²) >= 11 is 0. The summed E-state index contributed by atoms with van der Waals surface area (Å²) in [4.78, 5) is -3.24. The standard InChI is InChI=1S/C10H2F12NO4S2/c11-7(12,13)3-1-4(8(14,15)16)6(5(2-3)9(17,18)19)28(24,25)23-29(26,27)10(20,21)22/h1-2H/q-1. The van der Waals surface area contributed by atoms with Crippen molar-refractivity contribution in [1.29, 1.82) is 0 Å². The van der Waals surface area contributed by atoms with Gasteiger partial charge in [0.15, 0.2) is 10.0 Å². The third-order valence-electron chi connectivity index (χ3n) is 2.77. The first-order chi connectivity index (χ1) is 12.4. The van der Waals surface area contributed by atoms with Crippen LogP contribution in [0.3, 0.4) is 0 Å². The van der Waals surface area contributed by atoms with Crippen molar-refractivity contribution >= 4 is 20.0 Å². The lowest BCUT2D eigenvalue weighted by molar-refractivity contribution is -0.152. The maximum atomic E-state index is 13.0. The minimum atomic E-state index is -7.19. The van der Waals surface area contributed by atoms with Gasteiger partial charge in [-0.15, -0.1) is 0 Å². The number of sulfonamides is 2. The van der Waals surface area contributed by atoms with Crippen LogP contribution >= 0.6 is 0 Å². The van der Waals surface area contributed by atoms with Gasteiger partial charge in [0, 0.05) is 0 Å². The third kappa shape index (κ3) is 5.44. The molecule has 0 aromatic heterocycles. The van der Waals surface area contributed by atoms with Gasteiger partial charge in [-0.2, -0.15) is 52.7 Å². The van der Waals surface area contributed by atoms with E-state index in [1.165, 1.54) is 0 Å². The Labute approximate surface area is 152 Å². The molecular formula is C10H2F12NO4S2-. The largest absolute Gasteiger partial charge is 0.480 e. The van der Waals surface area contributed by atoms with Crippen molar-refractivity contribution in [1.82, 2.24) is 0 Å². The van der Waals surface area contributed by atoms with E-state index in [0.717, 1.165) is 4.13 Å². The van der Waals surface area contributed by atoms with Gasteiger partial charge >= 0.3 is 24.0 Å². The molecule has 0 aliphatic rings. The van der Waals surface area contributed by atoms with Crippen LogP contribution in [0, 0.1) is 0 Å². The van der Waals surface area contributed by atoms with Crippen molar-refractivity contribution in [2.45, 2.75) is 28.9 Å². The molecule has 0 saturated heterocycles. The van der Waals surface area contributed by atoms with Crippen LogP contribution < -0.4 is 0 Å². The van der Waals surface area contributed by atoms with E-state index >= 15 is 0 Å². The van der Waals surface area contributed by atoms with Gasteiger partial charge in [-0.25, -0.2) is 16.8 Å². The summed E-state index contributed by atoms with van der Waals surface area (Å²) in [6.07, 6.45) is -18.5. The van der Waals surface area contributed by atoms with Crippen molar-refractivity contribution in [2.24, 2.45) is 0 Å². The molecule has 0 bridgehead atoms. The minimum absolute atomic E-state index is 1.06. The fraction of sp³-hybridized carbons (Fsp3) is 0.400. The Bertz CT molecular complexity index is 964. The summed E-state index contributed by atoms with van der Waals surface area (Å²) in [6, 6.07) is -2.28. The molecule has 0 saturated carbocycles. The van der Waals surface area contributed by atoms with Crippen molar-refractivity contribution in [3.63, 3.8) is 0 Å². The van der Waals surface area contributed by atoms with Crippen LogP contribution in [0.2, 0.25) is 0 Å². The quantitative estimate of drug-likeness (QED) is 0.576. The molecule has 0 unspecified atom stereocenters. The molecule has 0 radical (unpaired) electrons. The van der Waals surface area contributed by atoms with Gasteiger partial charge < -0.3 is 4.13 Å². The number of hydrogen-bond donors (Lipinski definition) is 0. The van der Waals surface area contributed by atoms with Gasteiger partial charge in [-0.1, -0.05) is 0 Å². The first kappa shape index (κ1) is 25.3. The highest BCUT2D eigenvalue weighted by Gasteiger charge is 2.48. The Hall–Kier alpha value is -1.76. The van der Waals surface area contributed by atoms with E-state index in [9.17, 15) is 69.5 Å². The van der Waals surface area contributed by atoms with Crippen LogP contribution in [0.25, 0.3) is 4.13 Å². The first-order valence-corrected chi connectivity index (χ1v) is 8.99. The number of benzene rings is 1. The fourth-order valence-electron chi connectivity index (χ4n) is 1.70. The van der Waals surface area contributed by atoms with E-state index in [0.29, 0.717) is 0 Å².